The van der Waals surface area contributed by atoms with Crippen molar-refractivity contribution in [3.8, 4) is 0 Å². The largest absolute Gasteiger partial charge is 0.366 e. The minimum absolute atomic E-state index is 0.321. The molecule has 1 aliphatic carbocycles. The fourth-order valence-electron chi connectivity index (χ4n) is 3.37. The Labute approximate surface area is 106 Å². The van der Waals surface area contributed by atoms with E-state index in [-0.39, 0.29) is 0 Å². The molecule has 2 atom stereocenters. The van der Waals surface area contributed by atoms with Gasteiger partial charge in [0.15, 0.2) is 0 Å². The molecule has 0 spiro atoms. The second kappa shape index (κ2) is 5.39. The van der Waals surface area contributed by atoms with Gasteiger partial charge in [-0.05, 0) is 55.2 Å². The number of rotatable bonds is 2. The van der Waals surface area contributed by atoms with Crippen LogP contribution in [-0.4, -0.2) is 12.2 Å². The number of fused-ring (bicyclic) bond motifs is 1. The zero-order valence-electron chi connectivity index (χ0n) is 11.8. The van der Waals surface area contributed by atoms with Gasteiger partial charge in [-0.2, -0.15) is 0 Å². The molecule has 0 aromatic rings. The van der Waals surface area contributed by atoms with Crippen molar-refractivity contribution in [2.75, 3.05) is 0 Å². The lowest BCUT2D eigenvalue weighted by molar-refractivity contribution is -0.0158. The van der Waals surface area contributed by atoms with Crippen molar-refractivity contribution in [1.29, 1.82) is 0 Å². The molecule has 0 unspecified atom stereocenters. The second-order valence-corrected chi connectivity index (χ2v) is 5.64. The summed E-state index contributed by atoms with van der Waals surface area (Å²) in [6.45, 7) is 9.00. The van der Waals surface area contributed by atoms with Crippen LogP contribution in [0.25, 0.3) is 0 Å². The predicted molar refractivity (Wildman–Crippen MR) is 73.0 cm³/mol. The van der Waals surface area contributed by atoms with Crippen LogP contribution >= 0.6 is 0 Å². The first-order chi connectivity index (χ1) is 8.19. The summed E-state index contributed by atoms with van der Waals surface area (Å²) in [6, 6.07) is 0. The van der Waals surface area contributed by atoms with Crippen LogP contribution in [0.5, 0.6) is 0 Å². The minimum atomic E-state index is 0.321. The highest BCUT2D eigenvalue weighted by Crippen LogP contribution is 2.41. The van der Waals surface area contributed by atoms with Gasteiger partial charge in [0.05, 0.1) is 12.2 Å². The summed E-state index contributed by atoms with van der Waals surface area (Å²) in [7, 11) is 0. The highest BCUT2D eigenvalue weighted by molar-refractivity contribution is 5.42. The van der Waals surface area contributed by atoms with Crippen LogP contribution in [-0.2, 0) is 4.74 Å². The molecule has 0 saturated heterocycles. The van der Waals surface area contributed by atoms with Gasteiger partial charge >= 0.3 is 0 Å². The first-order valence-electron chi connectivity index (χ1n) is 7.23. The van der Waals surface area contributed by atoms with Gasteiger partial charge in [0.25, 0.3) is 0 Å². The van der Waals surface area contributed by atoms with E-state index in [1.54, 1.807) is 11.1 Å². The third-order valence-electron chi connectivity index (χ3n) is 4.17. The summed E-state index contributed by atoms with van der Waals surface area (Å²) < 4.78 is 6.36. The smallest absolute Gasteiger partial charge is 0.0855 e. The van der Waals surface area contributed by atoms with E-state index < -0.39 is 0 Å². The monoisotopic (exact) mass is 234 g/mol. The summed E-state index contributed by atoms with van der Waals surface area (Å²) in [5.74, 6) is 0.575. The molecule has 1 fully saturated rings. The quantitative estimate of drug-likeness (QED) is 0.676. The molecule has 2 aliphatic rings. The molecule has 0 aromatic carbocycles. The lowest BCUT2D eigenvalue weighted by Crippen LogP contribution is -2.37. The molecule has 17 heavy (non-hydrogen) atoms. The SMILES string of the molecule is C/C=C1\C(CC)=C2CCCC[C@H]2O[C@@H]1C(C)C. The Kier molecular flexibility index (Phi) is 4.09. The fraction of sp³-hybridized carbons (Fsp3) is 0.750. The first kappa shape index (κ1) is 12.9. The minimum Gasteiger partial charge on any atom is -0.366 e. The van der Waals surface area contributed by atoms with Crippen LogP contribution in [0.2, 0.25) is 0 Å². The molecule has 1 saturated carbocycles. The van der Waals surface area contributed by atoms with Gasteiger partial charge in [0.1, 0.15) is 0 Å². The molecule has 0 bridgehead atoms. The van der Waals surface area contributed by atoms with Crippen molar-refractivity contribution in [1.82, 2.24) is 0 Å². The molecule has 0 radical (unpaired) electrons. The van der Waals surface area contributed by atoms with E-state index in [1.807, 2.05) is 0 Å². The van der Waals surface area contributed by atoms with Crippen molar-refractivity contribution in [2.24, 2.45) is 5.92 Å². The number of hydrogen-bond donors (Lipinski definition) is 0. The van der Waals surface area contributed by atoms with E-state index >= 15 is 0 Å². The lowest BCUT2D eigenvalue weighted by atomic mass is 9.79. The molecule has 1 heterocycles. The highest BCUT2D eigenvalue weighted by Gasteiger charge is 2.34. The predicted octanol–water partition coefficient (Wildman–Crippen LogP) is 4.64. The molecule has 0 N–H and O–H groups in total. The van der Waals surface area contributed by atoms with Crippen LogP contribution in [0.3, 0.4) is 0 Å². The van der Waals surface area contributed by atoms with Crippen LogP contribution in [0.1, 0.15) is 59.8 Å². The van der Waals surface area contributed by atoms with Gasteiger partial charge in [0, 0.05) is 0 Å². The third kappa shape index (κ3) is 2.35. The van der Waals surface area contributed by atoms with Gasteiger partial charge in [-0.1, -0.05) is 33.3 Å². The number of hydrogen-bond acceptors (Lipinski definition) is 1. The maximum absolute atomic E-state index is 6.36. The van der Waals surface area contributed by atoms with Crippen molar-refractivity contribution in [3.05, 3.63) is 22.8 Å². The Morgan fingerprint density at radius 2 is 2.12 bits per heavy atom. The molecule has 1 nitrogen and oxygen atoms in total. The Bertz CT molecular complexity index is 335. The zero-order chi connectivity index (χ0) is 12.4. The van der Waals surface area contributed by atoms with Crippen molar-refractivity contribution >= 4 is 0 Å². The third-order valence-corrected chi connectivity index (χ3v) is 4.17. The average Bonchev–Trinajstić information content (AvgIpc) is 2.36. The molecule has 0 aromatic heterocycles. The molecule has 1 aliphatic heterocycles. The summed E-state index contributed by atoms with van der Waals surface area (Å²) in [5, 5.41) is 0. The number of allylic oxidation sites excluding steroid dienone is 1. The fourth-order valence-corrected chi connectivity index (χ4v) is 3.37. The van der Waals surface area contributed by atoms with Gasteiger partial charge in [-0.3, -0.25) is 0 Å². The molecule has 0 amide bonds. The standard InChI is InChI=1S/C16H26O/c1-5-12-13(6-2)16(11(3)4)17-15-10-8-7-9-14(12)15/h6,11,15-16H,5,7-10H2,1-4H3/b13-6+/t15-,16-/m1/s1. The van der Waals surface area contributed by atoms with E-state index in [0.29, 0.717) is 18.1 Å². The van der Waals surface area contributed by atoms with Crippen LogP contribution in [0.4, 0.5) is 0 Å². The molecule has 1 heteroatoms. The molecule has 96 valence electrons. The Morgan fingerprint density at radius 3 is 2.71 bits per heavy atom. The lowest BCUT2D eigenvalue weighted by Gasteiger charge is -2.40. The normalized spacial score (nSPS) is 32.2. The van der Waals surface area contributed by atoms with Crippen molar-refractivity contribution in [3.63, 3.8) is 0 Å². The summed E-state index contributed by atoms with van der Waals surface area (Å²) in [5.41, 5.74) is 4.70. The van der Waals surface area contributed by atoms with Gasteiger partial charge in [0.2, 0.25) is 0 Å². The Balaban J connectivity index is 2.39. The zero-order valence-corrected chi connectivity index (χ0v) is 11.8. The summed E-state index contributed by atoms with van der Waals surface area (Å²) in [6.07, 6.45) is 9.37. The van der Waals surface area contributed by atoms with Crippen LogP contribution in [0.15, 0.2) is 22.8 Å². The summed E-state index contributed by atoms with van der Waals surface area (Å²) >= 11 is 0. The van der Waals surface area contributed by atoms with Gasteiger partial charge in [-0.15, -0.1) is 0 Å². The van der Waals surface area contributed by atoms with Crippen LogP contribution < -0.4 is 0 Å². The maximum Gasteiger partial charge on any atom is 0.0855 e. The van der Waals surface area contributed by atoms with Gasteiger partial charge < -0.3 is 4.74 Å². The molecule has 2 rings (SSSR count). The van der Waals surface area contributed by atoms with E-state index in [2.05, 4.69) is 33.8 Å². The Hall–Kier alpha value is -0.560. The number of ether oxygens (including phenoxy) is 1. The molecular formula is C16H26O. The second-order valence-electron chi connectivity index (χ2n) is 5.64. The highest BCUT2D eigenvalue weighted by atomic mass is 16.5. The van der Waals surface area contributed by atoms with Crippen molar-refractivity contribution < 1.29 is 4.74 Å². The maximum atomic E-state index is 6.36. The van der Waals surface area contributed by atoms with E-state index in [9.17, 15) is 0 Å². The van der Waals surface area contributed by atoms with E-state index in [1.165, 1.54) is 31.3 Å². The van der Waals surface area contributed by atoms with Gasteiger partial charge in [-0.25, -0.2) is 0 Å². The van der Waals surface area contributed by atoms with Crippen molar-refractivity contribution in [2.45, 2.75) is 72.0 Å². The van der Waals surface area contributed by atoms with E-state index in [4.69, 9.17) is 4.74 Å². The van der Waals surface area contributed by atoms with Crippen LogP contribution in [0, 0.1) is 5.92 Å². The van der Waals surface area contributed by atoms with E-state index in [0.717, 1.165) is 6.42 Å². The summed E-state index contributed by atoms with van der Waals surface area (Å²) in [4.78, 5) is 0. The molecular weight excluding hydrogens is 208 g/mol. The first-order valence-corrected chi connectivity index (χ1v) is 7.23. The topological polar surface area (TPSA) is 9.23 Å². The Morgan fingerprint density at radius 1 is 1.35 bits per heavy atom. The average molecular weight is 234 g/mol.